The summed E-state index contributed by atoms with van der Waals surface area (Å²) in [5.41, 5.74) is 4.39. The van der Waals surface area contributed by atoms with E-state index in [1.54, 1.807) is 12.1 Å². The third kappa shape index (κ3) is 5.42. The summed E-state index contributed by atoms with van der Waals surface area (Å²) in [5.74, 6) is 1.17. The van der Waals surface area contributed by atoms with E-state index in [1.165, 1.54) is 23.3 Å². The average molecular weight is 466 g/mol. The maximum absolute atomic E-state index is 13.7. The lowest BCUT2D eigenvalue weighted by Gasteiger charge is -2.36. The fraction of sp³-hybridized carbons (Fsp3) is 0.444. The van der Waals surface area contributed by atoms with Gasteiger partial charge in [0.2, 0.25) is 0 Å². The fourth-order valence-corrected chi connectivity index (χ4v) is 4.66. The predicted octanol–water partition coefficient (Wildman–Crippen LogP) is 4.44. The normalized spacial score (nSPS) is 14.8. The second-order valence-electron chi connectivity index (χ2n) is 8.88. The lowest BCUT2D eigenvalue weighted by atomic mass is 10.1. The van der Waals surface area contributed by atoms with Crippen LogP contribution in [0.25, 0.3) is 5.69 Å². The summed E-state index contributed by atoms with van der Waals surface area (Å²) >= 11 is 0. The van der Waals surface area contributed by atoms with Crippen molar-refractivity contribution in [3.8, 4) is 11.4 Å². The minimum Gasteiger partial charge on any atom is -0.508 e. The van der Waals surface area contributed by atoms with E-state index in [2.05, 4.69) is 35.5 Å². The Kier molecular flexibility index (Phi) is 7.85. The van der Waals surface area contributed by atoms with Crippen LogP contribution in [-0.2, 0) is 19.5 Å². The van der Waals surface area contributed by atoms with Gasteiger partial charge in [-0.3, -0.25) is 4.90 Å². The number of aromatic hydroxyl groups is 1. The minimum absolute atomic E-state index is 0.240. The summed E-state index contributed by atoms with van der Waals surface area (Å²) in [5, 5.41) is 14.7. The Labute approximate surface area is 202 Å². The molecule has 1 fully saturated rings. The van der Waals surface area contributed by atoms with Crippen LogP contribution in [0.4, 0.5) is 10.2 Å². The van der Waals surface area contributed by atoms with Gasteiger partial charge in [0.1, 0.15) is 17.4 Å². The van der Waals surface area contributed by atoms with E-state index in [0.717, 1.165) is 76.0 Å². The molecule has 7 heteroatoms. The number of hydrogen-bond acceptors (Lipinski definition) is 5. The number of phenolic OH excluding ortho intramolecular Hbond substituents is 1. The Morgan fingerprint density at radius 3 is 2.18 bits per heavy atom. The molecule has 4 rings (SSSR count). The molecule has 0 spiro atoms. The molecule has 0 saturated carbocycles. The number of anilines is 1. The van der Waals surface area contributed by atoms with Gasteiger partial charge in [-0.15, -0.1) is 0 Å². The highest BCUT2D eigenvalue weighted by molar-refractivity contribution is 5.56. The molecule has 1 aromatic heterocycles. The molecule has 3 aromatic rings. The third-order valence-corrected chi connectivity index (χ3v) is 6.74. The molecule has 1 aliphatic rings. The lowest BCUT2D eigenvalue weighted by molar-refractivity contribution is 0.264. The third-order valence-electron chi connectivity index (χ3n) is 6.74. The van der Waals surface area contributed by atoms with Crippen molar-refractivity contribution in [1.29, 1.82) is 0 Å². The van der Waals surface area contributed by atoms with Gasteiger partial charge in [-0.1, -0.05) is 32.9 Å². The minimum atomic E-state index is -0.240. The number of aryl methyl sites for hydroxylation is 1. The van der Waals surface area contributed by atoms with Gasteiger partial charge >= 0.3 is 0 Å². The van der Waals surface area contributed by atoms with Gasteiger partial charge < -0.3 is 14.9 Å². The summed E-state index contributed by atoms with van der Waals surface area (Å²) in [6.45, 7) is 14.0. The van der Waals surface area contributed by atoms with Crippen LogP contribution in [0.3, 0.4) is 0 Å². The Morgan fingerprint density at radius 1 is 0.912 bits per heavy atom. The van der Waals surface area contributed by atoms with Gasteiger partial charge in [0.05, 0.1) is 11.4 Å². The zero-order valence-corrected chi connectivity index (χ0v) is 20.5. The van der Waals surface area contributed by atoms with Crippen LogP contribution in [0.2, 0.25) is 0 Å². The van der Waals surface area contributed by atoms with Crippen LogP contribution >= 0.6 is 0 Å². The van der Waals surface area contributed by atoms with Crippen molar-refractivity contribution in [2.45, 2.75) is 40.3 Å². The molecule has 0 radical (unpaired) electrons. The smallest absolute Gasteiger partial charge is 0.137 e. The standard InChI is InChI=1S/C27H36FN5O/c1-4-26-25(20-31(6-3)19-21-7-13-24(34)14-8-21)27(32-17-15-30(5-2)16-18-32)33(29-26)23-11-9-22(28)10-12-23/h7-14,34H,4-6,15-20H2,1-3H3. The molecule has 1 aliphatic heterocycles. The zero-order valence-electron chi connectivity index (χ0n) is 20.5. The zero-order chi connectivity index (χ0) is 24.1. The van der Waals surface area contributed by atoms with E-state index in [-0.39, 0.29) is 11.6 Å². The van der Waals surface area contributed by atoms with Crippen LogP contribution in [-0.4, -0.2) is 64.0 Å². The molecule has 0 bridgehead atoms. The highest BCUT2D eigenvalue weighted by atomic mass is 19.1. The molecule has 2 heterocycles. The number of likely N-dealkylation sites (N-methyl/N-ethyl adjacent to an activating group) is 1. The molecule has 0 unspecified atom stereocenters. The first kappa shape index (κ1) is 24.2. The van der Waals surface area contributed by atoms with E-state index in [9.17, 15) is 9.50 Å². The number of hydrogen-bond donors (Lipinski definition) is 1. The quantitative estimate of drug-likeness (QED) is 0.506. The molecule has 0 amide bonds. The van der Waals surface area contributed by atoms with Gasteiger partial charge in [-0.25, -0.2) is 9.07 Å². The average Bonchev–Trinajstić information content (AvgIpc) is 3.23. The van der Waals surface area contributed by atoms with Crippen LogP contribution in [0.15, 0.2) is 48.5 Å². The van der Waals surface area contributed by atoms with E-state index in [1.807, 2.05) is 28.9 Å². The second-order valence-corrected chi connectivity index (χ2v) is 8.88. The number of nitrogens with zero attached hydrogens (tertiary/aromatic N) is 5. The van der Waals surface area contributed by atoms with E-state index >= 15 is 0 Å². The first-order valence-corrected chi connectivity index (χ1v) is 12.4. The summed E-state index contributed by atoms with van der Waals surface area (Å²) in [4.78, 5) is 7.33. The summed E-state index contributed by atoms with van der Waals surface area (Å²) < 4.78 is 15.7. The molecular weight excluding hydrogens is 429 g/mol. The molecule has 0 atom stereocenters. The van der Waals surface area contributed by atoms with Crippen molar-refractivity contribution in [2.75, 3.05) is 44.2 Å². The van der Waals surface area contributed by atoms with Crippen molar-refractivity contribution in [3.63, 3.8) is 0 Å². The molecule has 6 nitrogen and oxygen atoms in total. The van der Waals surface area contributed by atoms with Crippen molar-refractivity contribution < 1.29 is 9.50 Å². The number of aromatic nitrogens is 2. The van der Waals surface area contributed by atoms with Crippen LogP contribution < -0.4 is 4.90 Å². The van der Waals surface area contributed by atoms with Crippen LogP contribution in [0, 0.1) is 5.82 Å². The van der Waals surface area contributed by atoms with E-state index in [4.69, 9.17) is 5.10 Å². The highest BCUT2D eigenvalue weighted by Crippen LogP contribution is 2.31. The largest absolute Gasteiger partial charge is 0.508 e. The van der Waals surface area contributed by atoms with Crippen molar-refractivity contribution >= 4 is 5.82 Å². The molecule has 2 aromatic carbocycles. The lowest BCUT2D eigenvalue weighted by Crippen LogP contribution is -2.47. The number of benzene rings is 2. The monoisotopic (exact) mass is 465 g/mol. The number of piperazine rings is 1. The summed E-state index contributed by atoms with van der Waals surface area (Å²) in [7, 11) is 0. The van der Waals surface area contributed by atoms with E-state index < -0.39 is 0 Å². The number of phenols is 1. The maximum Gasteiger partial charge on any atom is 0.137 e. The van der Waals surface area contributed by atoms with Crippen molar-refractivity contribution in [2.24, 2.45) is 0 Å². The molecule has 1 saturated heterocycles. The highest BCUT2D eigenvalue weighted by Gasteiger charge is 2.27. The van der Waals surface area contributed by atoms with Gasteiger partial charge in [0.15, 0.2) is 0 Å². The molecular formula is C27H36FN5O. The first-order chi connectivity index (χ1) is 16.5. The number of halogens is 1. The maximum atomic E-state index is 13.7. The molecule has 0 aliphatic carbocycles. The first-order valence-electron chi connectivity index (χ1n) is 12.4. The van der Waals surface area contributed by atoms with Crippen molar-refractivity contribution in [1.82, 2.24) is 19.6 Å². The predicted molar refractivity (Wildman–Crippen MR) is 135 cm³/mol. The Morgan fingerprint density at radius 2 is 1.59 bits per heavy atom. The van der Waals surface area contributed by atoms with E-state index in [0.29, 0.717) is 0 Å². The molecule has 1 N–H and O–H groups in total. The fourth-order valence-electron chi connectivity index (χ4n) is 4.66. The Balaban J connectivity index is 1.70. The Hall–Kier alpha value is -2.90. The van der Waals surface area contributed by atoms with Crippen LogP contribution in [0.1, 0.15) is 37.6 Å². The summed E-state index contributed by atoms with van der Waals surface area (Å²) in [6.07, 6.45) is 0.836. The SMILES string of the molecule is CCc1nn(-c2ccc(F)cc2)c(N2CCN(CC)CC2)c1CN(CC)Cc1ccc(O)cc1. The molecule has 182 valence electrons. The second kappa shape index (κ2) is 11.0. The van der Waals surface area contributed by atoms with Gasteiger partial charge in [0, 0.05) is 44.8 Å². The van der Waals surface area contributed by atoms with Crippen molar-refractivity contribution in [3.05, 3.63) is 71.2 Å². The number of rotatable bonds is 9. The van der Waals surface area contributed by atoms with Gasteiger partial charge in [-0.05, 0) is 61.5 Å². The van der Waals surface area contributed by atoms with Crippen LogP contribution in [0.5, 0.6) is 5.75 Å². The summed E-state index contributed by atoms with van der Waals surface area (Å²) in [6, 6.07) is 14.1. The topological polar surface area (TPSA) is 47.8 Å². The Bertz CT molecular complexity index is 1060. The molecule has 34 heavy (non-hydrogen) atoms. The van der Waals surface area contributed by atoms with Gasteiger partial charge in [-0.2, -0.15) is 5.10 Å². The van der Waals surface area contributed by atoms with Gasteiger partial charge in [0.25, 0.3) is 0 Å².